The van der Waals surface area contributed by atoms with E-state index in [1.807, 2.05) is 39.8 Å². The number of aliphatic carboxylic acids is 1. The van der Waals surface area contributed by atoms with Crippen molar-refractivity contribution in [2.24, 2.45) is 0 Å². The standard InChI is InChI=1S/C18H25NO4/c1-12-15-7-5-13(6-8-16(20)21)11-14(15)9-10-19(12)17(22)23-18(2,3)4/h5,7,11-12H,6,8-10H2,1-4H3,(H,20,21). The van der Waals surface area contributed by atoms with Gasteiger partial charge in [0.25, 0.3) is 0 Å². The molecule has 1 aromatic rings. The Morgan fingerprint density at radius 3 is 2.65 bits per heavy atom. The molecule has 0 spiro atoms. The number of carboxylic acid groups (broad SMARTS) is 1. The highest BCUT2D eigenvalue weighted by molar-refractivity contribution is 5.69. The maximum atomic E-state index is 12.3. The van der Waals surface area contributed by atoms with E-state index in [0.29, 0.717) is 13.0 Å². The average molecular weight is 319 g/mol. The Morgan fingerprint density at radius 2 is 2.04 bits per heavy atom. The Hall–Kier alpha value is -2.04. The number of hydrogen-bond acceptors (Lipinski definition) is 3. The maximum absolute atomic E-state index is 12.3. The van der Waals surface area contributed by atoms with E-state index in [4.69, 9.17) is 9.84 Å². The number of nitrogens with zero attached hydrogens (tertiary/aromatic N) is 1. The van der Waals surface area contributed by atoms with E-state index >= 15 is 0 Å². The number of ether oxygens (including phenoxy) is 1. The molecule has 0 aromatic heterocycles. The molecule has 1 aliphatic heterocycles. The molecule has 126 valence electrons. The Morgan fingerprint density at radius 1 is 1.35 bits per heavy atom. The molecule has 1 N–H and O–H groups in total. The molecular weight excluding hydrogens is 294 g/mol. The third-order valence-corrected chi connectivity index (χ3v) is 4.00. The Kier molecular flexibility index (Phi) is 4.97. The predicted octanol–water partition coefficient (Wildman–Crippen LogP) is 3.56. The average Bonchev–Trinajstić information content (AvgIpc) is 2.43. The summed E-state index contributed by atoms with van der Waals surface area (Å²) in [6, 6.07) is 5.99. The topological polar surface area (TPSA) is 66.8 Å². The van der Waals surface area contributed by atoms with Crippen LogP contribution in [-0.2, 0) is 22.4 Å². The number of carbonyl (C=O) groups excluding carboxylic acids is 1. The molecule has 1 unspecified atom stereocenters. The minimum Gasteiger partial charge on any atom is -0.481 e. The second-order valence-electron chi connectivity index (χ2n) is 7.03. The molecule has 1 heterocycles. The summed E-state index contributed by atoms with van der Waals surface area (Å²) >= 11 is 0. The smallest absolute Gasteiger partial charge is 0.410 e. The van der Waals surface area contributed by atoms with Crippen molar-refractivity contribution in [1.82, 2.24) is 4.90 Å². The lowest BCUT2D eigenvalue weighted by molar-refractivity contribution is -0.136. The zero-order valence-corrected chi connectivity index (χ0v) is 14.3. The predicted molar refractivity (Wildman–Crippen MR) is 87.5 cm³/mol. The van der Waals surface area contributed by atoms with Crippen molar-refractivity contribution < 1.29 is 19.4 Å². The first-order valence-electron chi connectivity index (χ1n) is 8.00. The molecular formula is C18H25NO4. The third-order valence-electron chi connectivity index (χ3n) is 4.00. The SMILES string of the molecule is CC1c2ccc(CCC(=O)O)cc2CCN1C(=O)OC(C)(C)C. The van der Waals surface area contributed by atoms with E-state index in [1.54, 1.807) is 4.90 Å². The van der Waals surface area contributed by atoms with Crippen LogP contribution in [0.15, 0.2) is 18.2 Å². The van der Waals surface area contributed by atoms with Gasteiger partial charge >= 0.3 is 12.1 Å². The normalized spacial score (nSPS) is 17.6. The van der Waals surface area contributed by atoms with E-state index in [0.717, 1.165) is 17.5 Å². The van der Waals surface area contributed by atoms with Gasteiger partial charge in [0, 0.05) is 13.0 Å². The van der Waals surface area contributed by atoms with Gasteiger partial charge in [0.2, 0.25) is 0 Å². The largest absolute Gasteiger partial charge is 0.481 e. The number of fused-ring (bicyclic) bond motifs is 1. The Labute approximate surface area is 137 Å². The van der Waals surface area contributed by atoms with Crippen molar-refractivity contribution in [1.29, 1.82) is 0 Å². The summed E-state index contributed by atoms with van der Waals surface area (Å²) in [5.74, 6) is -0.785. The van der Waals surface area contributed by atoms with Gasteiger partial charge in [-0.2, -0.15) is 0 Å². The zero-order valence-electron chi connectivity index (χ0n) is 14.3. The molecule has 5 heteroatoms. The van der Waals surface area contributed by atoms with Crippen LogP contribution in [0.1, 0.15) is 56.8 Å². The van der Waals surface area contributed by atoms with Gasteiger partial charge in [0.15, 0.2) is 0 Å². The molecule has 0 aliphatic carbocycles. The van der Waals surface area contributed by atoms with E-state index in [2.05, 4.69) is 6.07 Å². The van der Waals surface area contributed by atoms with Crippen molar-refractivity contribution in [2.75, 3.05) is 6.54 Å². The number of aryl methyl sites for hydroxylation is 1. The highest BCUT2D eigenvalue weighted by Gasteiger charge is 2.30. The monoisotopic (exact) mass is 319 g/mol. The highest BCUT2D eigenvalue weighted by atomic mass is 16.6. The number of hydrogen-bond donors (Lipinski definition) is 1. The van der Waals surface area contributed by atoms with Crippen LogP contribution < -0.4 is 0 Å². The first-order chi connectivity index (χ1) is 10.7. The van der Waals surface area contributed by atoms with Gasteiger partial charge in [-0.15, -0.1) is 0 Å². The second-order valence-corrected chi connectivity index (χ2v) is 7.03. The third kappa shape index (κ3) is 4.47. The highest BCUT2D eigenvalue weighted by Crippen LogP contribution is 2.31. The summed E-state index contributed by atoms with van der Waals surface area (Å²) in [6.45, 7) is 8.21. The molecule has 23 heavy (non-hydrogen) atoms. The number of rotatable bonds is 3. The van der Waals surface area contributed by atoms with Gasteiger partial charge in [-0.1, -0.05) is 18.2 Å². The quantitative estimate of drug-likeness (QED) is 0.925. The van der Waals surface area contributed by atoms with Crippen LogP contribution in [0.5, 0.6) is 0 Å². The number of benzene rings is 1. The number of carboxylic acids is 1. The van der Waals surface area contributed by atoms with Gasteiger partial charge in [-0.3, -0.25) is 4.79 Å². The van der Waals surface area contributed by atoms with Crippen LogP contribution in [0.2, 0.25) is 0 Å². The van der Waals surface area contributed by atoms with Gasteiger partial charge in [-0.25, -0.2) is 4.79 Å². The van der Waals surface area contributed by atoms with Crippen LogP contribution in [0.4, 0.5) is 4.79 Å². The van der Waals surface area contributed by atoms with Crippen LogP contribution in [-0.4, -0.2) is 34.2 Å². The molecule has 0 fully saturated rings. The fraction of sp³-hybridized carbons (Fsp3) is 0.556. The van der Waals surface area contributed by atoms with Crippen molar-refractivity contribution in [3.8, 4) is 0 Å². The lowest BCUT2D eigenvalue weighted by Crippen LogP contribution is -2.42. The molecule has 2 rings (SSSR count). The summed E-state index contributed by atoms with van der Waals surface area (Å²) in [5.41, 5.74) is 2.84. The van der Waals surface area contributed by atoms with Gasteiger partial charge in [0.1, 0.15) is 5.60 Å². The summed E-state index contributed by atoms with van der Waals surface area (Å²) in [6.07, 6.45) is 1.15. The number of carbonyl (C=O) groups is 2. The fourth-order valence-corrected chi connectivity index (χ4v) is 2.86. The van der Waals surface area contributed by atoms with Gasteiger partial charge in [-0.05, 0) is 57.2 Å². The fourth-order valence-electron chi connectivity index (χ4n) is 2.86. The Balaban J connectivity index is 2.12. The first-order valence-corrected chi connectivity index (χ1v) is 8.00. The minimum atomic E-state index is -0.785. The molecule has 0 bridgehead atoms. The van der Waals surface area contributed by atoms with Gasteiger partial charge < -0.3 is 14.7 Å². The number of amides is 1. The van der Waals surface area contributed by atoms with Gasteiger partial charge in [0.05, 0.1) is 6.04 Å². The molecule has 1 aromatic carbocycles. The summed E-state index contributed by atoms with van der Waals surface area (Å²) in [5, 5.41) is 8.79. The molecule has 1 amide bonds. The molecule has 0 radical (unpaired) electrons. The van der Waals surface area contributed by atoms with Crippen molar-refractivity contribution in [2.45, 2.75) is 58.6 Å². The van der Waals surface area contributed by atoms with Crippen molar-refractivity contribution in [3.05, 3.63) is 34.9 Å². The first kappa shape index (κ1) is 17.3. The minimum absolute atomic E-state index is 0.0397. The molecule has 1 atom stereocenters. The van der Waals surface area contributed by atoms with Crippen molar-refractivity contribution in [3.63, 3.8) is 0 Å². The van der Waals surface area contributed by atoms with Crippen LogP contribution in [0, 0.1) is 0 Å². The summed E-state index contributed by atoms with van der Waals surface area (Å²) < 4.78 is 5.47. The maximum Gasteiger partial charge on any atom is 0.410 e. The lowest BCUT2D eigenvalue weighted by Gasteiger charge is -2.36. The second kappa shape index (κ2) is 6.60. The molecule has 0 saturated heterocycles. The van der Waals surface area contributed by atoms with E-state index in [9.17, 15) is 9.59 Å². The summed E-state index contributed by atoms with van der Waals surface area (Å²) in [4.78, 5) is 24.8. The summed E-state index contributed by atoms with van der Waals surface area (Å²) in [7, 11) is 0. The van der Waals surface area contributed by atoms with Crippen LogP contribution >= 0.6 is 0 Å². The zero-order chi connectivity index (χ0) is 17.2. The molecule has 5 nitrogen and oxygen atoms in total. The van der Waals surface area contributed by atoms with Crippen LogP contribution in [0.25, 0.3) is 0 Å². The van der Waals surface area contributed by atoms with Crippen molar-refractivity contribution >= 4 is 12.1 Å². The van der Waals surface area contributed by atoms with Crippen LogP contribution in [0.3, 0.4) is 0 Å². The lowest BCUT2D eigenvalue weighted by atomic mass is 9.91. The van der Waals surface area contributed by atoms with E-state index < -0.39 is 11.6 Å². The molecule has 0 saturated carbocycles. The van der Waals surface area contributed by atoms with E-state index in [-0.39, 0.29) is 18.6 Å². The molecule has 1 aliphatic rings. The van der Waals surface area contributed by atoms with E-state index in [1.165, 1.54) is 5.56 Å². The Bertz CT molecular complexity index is 604.